The number of esters is 1. The molecule has 0 amide bonds. The summed E-state index contributed by atoms with van der Waals surface area (Å²) in [6.45, 7) is 0.412. The van der Waals surface area contributed by atoms with Gasteiger partial charge in [-0.2, -0.15) is 4.89 Å². The maximum Gasteiger partial charge on any atom is 0.339 e. The van der Waals surface area contributed by atoms with E-state index in [1.807, 2.05) is 0 Å². The van der Waals surface area contributed by atoms with Gasteiger partial charge in [-0.1, -0.05) is 25.0 Å². The van der Waals surface area contributed by atoms with Crippen LogP contribution in [0.15, 0.2) is 42.5 Å². The zero-order valence-corrected chi connectivity index (χ0v) is 18.2. The Bertz CT molecular complexity index is 936. The first-order chi connectivity index (χ1) is 15.4. The maximum absolute atomic E-state index is 11.2. The second-order valence-electron chi connectivity index (χ2n) is 6.99. The lowest BCUT2D eigenvalue weighted by atomic mass is 10.0. The molecule has 0 saturated heterocycles. The molecule has 0 bridgehead atoms. The first kappa shape index (κ1) is 24.7. The number of carbonyl (C=O) groups excluding carboxylic acids is 1. The van der Waals surface area contributed by atoms with Crippen molar-refractivity contribution in [1.29, 1.82) is 0 Å². The van der Waals surface area contributed by atoms with Crippen molar-refractivity contribution in [2.45, 2.75) is 32.1 Å². The Morgan fingerprint density at radius 1 is 0.969 bits per heavy atom. The van der Waals surface area contributed by atoms with Gasteiger partial charge in [0.15, 0.2) is 5.75 Å². The molecule has 0 fully saturated rings. The van der Waals surface area contributed by atoms with Crippen LogP contribution in [0.5, 0.6) is 17.2 Å². The third-order valence-electron chi connectivity index (χ3n) is 4.68. The number of phenols is 1. The number of rotatable bonds is 13. The first-order valence-corrected chi connectivity index (χ1v) is 10.2. The summed E-state index contributed by atoms with van der Waals surface area (Å²) in [4.78, 5) is 32.8. The van der Waals surface area contributed by atoms with Crippen LogP contribution < -0.4 is 9.62 Å². The molecule has 0 aliphatic rings. The molecule has 0 aliphatic carbocycles. The van der Waals surface area contributed by atoms with Crippen molar-refractivity contribution < 1.29 is 39.1 Å². The number of aromatic hydroxyl groups is 1. The molecular formula is C24H28O8. The van der Waals surface area contributed by atoms with Crippen LogP contribution in [0.2, 0.25) is 0 Å². The normalized spacial score (nSPS) is 10.8. The van der Waals surface area contributed by atoms with Gasteiger partial charge in [-0.25, -0.2) is 9.59 Å². The van der Waals surface area contributed by atoms with Crippen molar-refractivity contribution in [3.05, 3.63) is 59.2 Å². The molecule has 0 radical (unpaired) electrons. The molecule has 0 aromatic heterocycles. The average Bonchev–Trinajstić information content (AvgIpc) is 2.80. The van der Waals surface area contributed by atoms with Crippen molar-refractivity contribution in [3.63, 3.8) is 0 Å². The Hall–Kier alpha value is -3.52. The van der Waals surface area contributed by atoms with Crippen molar-refractivity contribution in [1.82, 2.24) is 0 Å². The van der Waals surface area contributed by atoms with E-state index < -0.39 is 11.9 Å². The highest BCUT2D eigenvalue weighted by molar-refractivity contribution is 5.91. The quantitative estimate of drug-likeness (QED) is 0.154. The van der Waals surface area contributed by atoms with Gasteiger partial charge in [-0.05, 0) is 60.7 Å². The Balaban J connectivity index is 1.67. The van der Waals surface area contributed by atoms with Crippen LogP contribution in [0.25, 0.3) is 6.08 Å². The van der Waals surface area contributed by atoms with E-state index in [1.54, 1.807) is 30.3 Å². The third kappa shape index (κ3) is 7.96. The summed E-state index contributed by atoms with van der Waals surface area (Å²) in [6.07, 6.45) is 7.26. The number of ether oxygens (including phenoxy) is 2. The highest BCUT2D eigenvalue weighted by Gasteiger charge is 2.10. The molecule has 2 aromatic carbocycles. The fourth-order valence-electron chi connectivity index (χ4n) is 2.95. The van der Waals surface area contributed by atoms with Crippen LogP contribution in [-0.2, 0) is 20.8 Å². The van der Waals surface area contributed by atoms with Crippen molar-refractivity contribution in [2.24, 2.45) is 0 Å². The second-order valence-corrected chi connectivity index (χ2v) is 6.99. The number of methoxy groups -OCH3 is 2. The van der Waals surface area contributed by atoms with E-state index in [0.29, 0.717) is 18.1 Å². The fraction of sp³-hybridized carbons (Fsp3) is 0.333. The van der Waals surface area contributed by atoms with Gasteiger partial charge in [0.05, 0.1) is 20.8 Å². The molecule has 8 heteroatoms. The molecule has 0 unspecified atom stereocenters. The summed E-state index contributed by atoms with van der Waals surface area (Å²) in [7, 11) is 2.83. The molecule has 0 saturated carbocycles. The van der Waals surface area contributed by atoms with Gasteiger partial charge in [0.2, 0.25) is 5.75 Å². The molecule has 0 aliphatic heterocycles. The molecule has 2 rings (SSSR count). The number of unbranched alkanes of at least 4 members (excludes halogenated alkanes) is 3. The number of carboxylic acid groups (broad SMARTS) is 1. The van der Waals surface area contributed by atoms with Crippen molar-refractivity contribution >= 4 is 18.0 Å². The lowest BCUT2D eigenvalue weighted by molar-refractivity contribution is -0.208. The minimum Gasteiger partial charge on any atom is -0.507 e. The molecule has 2 N–H and O–H groups in total. The van der Waals surface area contributed by atoms with Crippen LogP contribution >= 0.6 is 0 Å². The van der Waals surface area contributed by atoms with Crippen LogP contribution in [-0.4, -0.2) is 43.0 Å². The van der Waals surface area contributed by atoms with Crippen LogP contribution in [0.4, 0.5) is 0 Å². The monoisotopic (exact) mass is 444 g/mol. The standard InChI is InChI=1S/C24H28O8/c1-29-22-16-18(10-13-23(26)30-2)9-12-21(22)32-31-14-6-4-3-5-7-17-8-11-20(25)19(15-17)24(27)28/h8-13,15-16,25H,3-7,14H2,1-2H3,(H,27,28). The van der Waals surface area contributed by atoms with E-state index in [2.05, 4.69) is 4.74 Å². The second kappa shape index (κ2) is 13.0. The van der Waals surface area contributed by atoms with Gasteiger partial charge in [-0.15, -0.1) is 0 Å². The zero-order valence-electron chi connectivity index (χ0n) is 18.2. The van der Waals surface area contributed by atoms with Gasteiger partial charge in [0, 0.05) is 6.08 Å². The smallest absolute Gasteiger partial charge is 0.339 e. The first-order valence-electron chi connectivity index (χ1n) is 10.2. The van der Waals surface area contributed by atoms with Gasteiger partial charge < -0.3 is 24.6 Å². The Morgan fingerprint density at radius 3 is 2.47 bits per heavy atom. The van der Waals surface area contributed by atoms with E-state index in [4.69, 9.17) is 19.6 Å². The number of aromatic carboxylic acids is 1. The summed E-state index contributed by atoms with van der Waals surface area (Å²) in [5, 5.41) is 18.6. The minimum atomic E-state index is -1.13. The number of carbonyl (C=O) groups is 2. The largest absolute Gasteiger partial charge is 0.507 e. The summed E-state index contributed by atoms with van der Waals surface area (Å²) < 4.78 is 9.85. The molecule has 0 atom stereocenters. The molecule has 172 valence electrons. The Labute approximate surface area is 186 Å². The number of hydrogen-bond acceptors (Lipinski definition) is 7. The summed E-state index contributed by atoms with van der Waals surface area (Å²) in [5.41, 5.74) is 1.57. The average molecular weight is 444 g/mol. The highest BCUT2D eigenvalue weighted by atomic mass is 17.2. The molecule has 0 heterocycles. The predicted molar refractivity (Wildman–Crippen MR) is 118 cm³/mol. The van der Waals surface area contributed by atoms with E-state index in [0.717, 1.165) is 43.2 Å². The topological polar surface area (TPSA) is 112 Å². The van der Waals surface area contributed by atoms with Crippen molar-refractivity contribution in [3.8, 4) is 17.2 Å². The van der Waals surface area contributed by atoms with Crippen molar-refractivity contribution in [2.75, 3.05) is 20.8 Å². The predicted octanol–water partition coefficient (Wildman–Crippen LogP) is 4.40. The lowest BCUT2D eigenvalue weighted by Crippen LogP contribution is -2.01. The molecule has 0 spiro atoms. The van der Waals surface area contributed by atoms with Gasteiger partial charge >= 0.3 is 11.9 Å². The number of carboxylic acids is 1. The Morgan fingerprint density at radius 2 is 1.75 bits per heavy atom. The Kier molecular flexibility index (Phi) is 10.1. The van der Waals surface area contributed by atoms with Gasteiger partial charge in [-0.3, -0.25) is 0 Å². The lowest BCUT2D eigenvalue weighted by Gasteiger charge is -2.10. The SMILES string of the molecule is COC(=O)C=Cc1ccc(OOCCCCCCc2ccc(O)c(C(=O)O)c2)c(OC)c1. The van der Waals surface area contributed by atoms with E-state index in [1.165, 1.54) is 32.4 Å². The molecule has 2 aromatic rings. The van der Waals surface area contributed by atoms with Gasteiger partial charge in [0.25, 0.3) is 0 Å². The fourth-order valence-corrected chi connectivity index (χ4v) is 2.95. The number of aryl methyl sites for hydroxylation is 1. The van der Waals surface area contributed by atoms with Crippen LogP contribution in [0, 0.1) is 0 Å². The maximum atomic E-state index is 11.2. The molecular weight excluding hydrogens is 416 g/mol. The van der Waals surface area contributed by atoms with E-state index in [9.17, 15) is 14.7 Å². The van der Waals surface area contributed by atoms with E-state index >= 15 is 0 Å². The molecule has 8 nitrogen and oxygen atoms in total. The minimum absolute atomic E-state index is 0.0732. The number of benzene rings is 2. The van der Waals surface area contributed by atoms with Crippen LogP contribution in [0.1, 0.15) is 47.2 Å². The van der Waals surface area contributed by atoms with Gasteiger partial charge in [0.1, 0.15) is 11.3 Å². The number of hydrogen-bond donors (Lipinski definition) is 2. The van der Waals surface area contributed by atoms with E-state index in [-0.39, 0.29) is 11.3 Å². The van der Waals surface area contributed by atoms with Crippen LogP contribution in [0.3, 0.4) is 0 Å². The summed E-state index contributed by atoms with van der Waals surface area (Å²) >= 11 is 0. The molecule has 32 heavy (non-hydrogen) atoms. The summed E-state index contributed by atoms with van der Waals surface area (Å²) in [6, 6.07) is 9.84. The summed E-state index contributed by atoms with van der Waals surface area (Å²) in [5.74, 6) is -0.885. The highest BCUT2D eigenvalue weighted by Crippen LogP contribution is 2.29. The third-order valence-corrected chi connectivity index (χ3v) is 4.68. The zero-order chi connectivity index (χ0) is 23.3.